The molecule has 0 aliphatic rings. The molecule has 0 aliphatic carbocycles. The fourth-order valence-electron chi connectivity index (χ4n) is 2.82. The number of benzene rings is 2. The SMILES string of the molecule is CCn1ccc2ccc(NC(=O)c3cn(-c4ccc(F)cc4)nn3)cc21. The van der Waals surface area contributed by atoms with Crippen LogP contribution in [0, 0.1) is 5.82 Å². The molecule has 4 rings (SSSR count). The van der Waals surface area contributed by atoms with Crippen LogP contribution in [-0.4, -0.2) is 25.5 Å². The van der Waals surface area contributed by atoms with Gasteiger partial charge in [0.25, 0.3) is 5.91 Å². The molecule has 0 bridgehead atoms. The van der Waals surface area contributed by atoms with E-state index in [0.717, 1.165) is 17.4 Å². The van der Waals surface area contributed by atoms with Gasteiger partial charge in [-0.3, -0.25) is 4.79 Å². The van der Waals surface area contributed by atoms with Gasteiger partial charge in [-0.1, -0.05) is 11.3 Å². The number of carbonyl (C=O) groups excluding carboxylic acids is 1. The lowest BCUT2D eigenvalue weighted by Gasteiger charge is -2.05. The van der Waals surface area contributed by atoms with Gasteiger partial charge in [-0.25, -0.2) is 9.07 Å². The van der Waals surface area contributed by atoms with E-state index in [1.807, 2.05) is 30.5 Å². The number of amides is 1. The normalized spacial score (nSPS) is 11.0. The average Bonchev–Trinajstić information content (AvgIpc) is 3.29. The first-order valence-electron chi connectivity index (χ1n) is 8.22. The summed E-state index contributed by atoms with van der Waals surface area (Å²) in [6.07, 6.45) is 3.53. The molecule has 1 amide bonds. The van der Waals surface area contributed by atoms with Gasteiger partial charge in [0.1, 0.15) is 5.82 Å². The minimum absolute atomic E-state index is 0.181. The van der Waals surface area contributed by atoms with E-state index in [2.05, 4.69) is 27.1 Å². The summed E-state index contributed by atoms with van der Waals surface area (Å²) in [6, 6.07) is 13.6. The van der Waals surface area contributed by atoms with E-state index in [0.29, 0.717) is 11.4 Å². The first-order valence-corrected chi connectivity index (χ1v) is 8.22. The highest BCUT2D eigenvalue weighted by Crippen LogP contribution is 2.21. The first-order chi connectivity index (χ1) is 12.6. The van der Waals surface area contributed by atoms with Crippen molar-refractivity contribution in [2.45, 2.75) is 13.5 Å². The highest BCUT2D eigenvalue weighted by Gasteiger charge is 2.12. The molecule has 2 aromatic carbocycles. The summed E-state index contributed by atoms with van der Waals surface area (Å²) in [5.41, 5.74) is 2.55. The van der Waals surface area contributed by atoms with Crippen LogP contribution in [0.25, 0.3) is 16.6 Å². The van der Waals surface area contributed by atoms with E-state index < -0.39 is 0 Å². The monoisotopic (exact) mass is 349 g/mol. The number of aryl methyl sites for hydroxylation is 1. The predicted molar refractivity (Wildman–Crippen MR) is 96.9 cm³/mol. The summed E-state index contributed by atoms with van der Waals surface area (Å²) in [7, 11) is 0. The largest absolute Gasteiger partial charge is 0.348 e. The fourth-order valence-corrected chi connectivity index (χ4v) is 2.82. The van der Waals surface area contributed by atoms with Crippen LogP contribution in [0.3, 0.4) is 0 Å². The van der Waals surface area contributed by atoms with Gasteiger partial charge in [0.15, 0.2) is 5.69 Å². The Morgan fingerprint density at radius 2 is 1.96 bits per heavy atom. The number of anilines is 1. The summed E-state index contributed by atoms with van der Waals surface area (Å²) in [5, 5.41) is 11.8. The highest BCUT2D eigenvalue weighted by atomic mass is 19.1. The second kappa shape index (κ2) is 6.44. The quantitative estimate of drug-likeness (QED) is 0.612. The van der Waals surface area contributed by atoms with Crippen molar-refractivity contribution >= 4 is 22.5 Å². The summed E-state index contributed by atoms with van der Waals surface area (Å²) >= 11 is 0. The van der Waals surface area contributed by atoms with Gasteiger partial charge in [-0.05, 0) is 54.8 Å². The minimum atomic E-state index is -0.354. The topological polar surface area (TPSA) is 64.7 Å². The zero-order valence-electron chi connectivity index (χ0n) is 14.1. The highest BCUT2D eigenvalue weighted by molar-refractivity contribution is 6.03. The molecule has 6 nitrogen and oxygen atoms in total. The fraction of sp³-hybridized carbons (Fsp3) is 0.105. The zero-order valence-corrected chi connectivity index (χ0v) is 14.1. The Morgan fingerprint density at radius 1 is 1.15 bits per heavy atom. The molecule has 0 aliphatic heterocycles. The van der Waals surface area contributed by atoms with Crippen LogP contribution < -0.4 is 5.32 Å². The maximum Gasteiger partial charge on any atom is 0.277 e. The van der Waals surface area contributed by atoms with Gasteiger partial charge in [-0.2, -0.15) is 0 Å². The minimum Gasteiger partial charge on any atom is -0.348 e. The number of hydrogen-bond acceptors (Lipinski definition) is 3. The lowest BCUT2D eigenvalue weighted by Crippen LogP contribution is -2.12. The van der Waals surface area contributed by atoms with Gasteiger partial charge in [0, 0.05) is 18.4 Å². The van der Waals surface area contributed by atoms with E-state index in [-0.39, 0.29) is 17.4 Å². The molecule has 0 saturated heterocycles. The Hall–Kier alpha value is -3.48. The molecular formula is C19H16FN5O. The summed E-state index contributed by atoms with van der Waals surface area (Å²) in [4.78, 5) is 12.4. The first kappa shape index (κ1) is 16.0. The maximum atomic E-state index is 13.0. The molecule has 26 heavy (non-hydrogen) atoms. The Morgan fingerprint density at radius 3 is 2.73 bits per heavy atom. The van der Waals surface area contributed by atoms with Gasteiger partial charge in [0.2, 0.25) is 0 Å². The van der Waals surface area contributed by atoms with Crippen molar-refractivity contribution in [3.05, 3.63) is 72.4 Å². The van der Waals surface area contributed by atoms with E-state index >= 15 is 0 Å². The van der Waals surface area contributed by atoms with E-state index in [4.69, 9.17) is 0 Å². The summed E-state index contributed by atoms with van der Waals surface area (Å²) in [6.45, 7) is 2.92. The molecule has 1 N–H and O–H groups in total. The van der Waals surface area contributed by atoms with Crippen LogP contribution in [0.15, 0.2) is 60.9 Å². The number of aromatic nitrogens is 4. The molecule has 7 heteroatoms. The second-order valence-corrected chi connectivity index (χ2v) is 5.85. The molecule has 130 valence electrons. The number of nitrogens with zero attached hydrogens (tertiary/aromatic N) is 4. The van der Waals surface area contributed by atoms with Crippen molar-refractivity contribution in [3.63, 3.8) is 0 Å². The third-order valence-corrected chi connectivity index (χ3v) is 4.19. The van der Waals surface area contributed by atoms with Crippen LogP contribution in [0.4, 0.5) is 10.1 Å². The van der Waals surface area contributed by atoms with Gasteiger partial charge in [0.05, 0.1) is 17.4 Å². The Bertz CT molecular complexity index is 1080. The van der Waals surface area contributed by atoms with Crippen molar-refractivity contribution < 1.29 is 9.18 Å². The van der Waals surface area contributed by atoms with Crippen LogP contribution in [0.2, 0.25) is 0 Å². The van der Waals surface area contributed by atoms with Gasteiger partial charge in [-0.15, -0.1) is 5.10 Å². The molecule has 0 fully saturated rings. The van der Waals surface area contributed by atoms with E-state index in [9.17, 15) is 9.18 Å². The number of halogens is 1. The number of hydrogen-bond donors (Lipinski definition) is 1. The van der Waals surface area contributed by atoms with Crippen molar-refractivity contribution in [2.75, 3.05) is 5.32 Å². The van der Waals surface area contributed by atoms with Crippen LogP contribution in [0.1, 0.15) is 17.4 Å². The van der Waals surface area contributed by atoms with Crippen LogP contribution >= 0.6 is 0 Å². The lowest BCUT2D eigenvalue weighted by atomic mass is 10.2. The van der Waals surface area contributed by atoms with Crippen molar-refractivity contribution in [3.8, 4) is 5.69 Å². The van der Waals surface area contributed by atoms with Crippen molar-refractivity contribution in [1.29, 1.82) is 0 Å². The maximum absolute atomic E-state index is 13.0. The lowest BCUT2D eigenvalue weighted by molar-refractivity contribution is 0.102. The molecule has 2 heterocycles. The van der Waals surface area contributed by atoms with E-state index in [1.54, 1.807) is 12.1 Å². The smallest absolute Gasteiger partial charge is 0.277 e. The molecule has 0 radical (unpaired) electrons. The zero-order chi connectivity index (χ0) is 18.1. The molecule has 4 aromatic rings. The van der Waals surface area contributed by atoms with Gasteiger partial charge < -0.3 is 9.88 Å². The Balaban J connectivity index is 1.56. The second-order valence-electron chi connectivity index (χ2n) is 5.85. The predicted octanol–water partition coefficient (Wildman–Crippen LogP) is 3.63. The van der Waals surface area contributed by atoms with Crippen LogP contribution in [-0.2, 0) is 6.54 Å². The third kappa shape index (κ3) is 2.95. The Kier molecular flexibility index (Phi) is 3.96. The molecule has 0 spiro atoms. The number of nitrogens with one attached hydrogen (secondary N) is 1. The van der Waals surface area contributed by atoms with E-state index in [1.165, 1.54) is 23.0 Å². The molecule has 0 atom stereocenters. The standard InChI is InChI=1S/C19H16FN5O/c1-2-24-10-9-13-3-6-15(11-18(13)24)21-19(26)17-12-25(23-22-17)16-7-4-14(20)5-8-16/h3-12H,2H2,1H3,(H,21,26). The summed E-state index contributed by atoms with van der Waals surface area (Å²) in [5.74, 6) is -0.689. The Labute approximate surface area is 148 Å². The summed E-state index contributed by atoms with van der Waals surface area (Å²) < 4.78 is 16.5. The molecule has 2 aromatic heterocycles. The number of fused-ring (bicyclic) bond motifs is 1. The number of rotatable bonds is 4. The van der Waals surface area contributed by atoms with Crippen molar-refractivity contribution in [2.24, 2.45) is 0 Å². The molecule has 0 unspecified atom stereocenters. The number of carbonyl (C=O) groups is 1. The molecule has 0 saturated carbocycles. The van der Waals surface area contributed by atoms with Crippen LogP contribution in [0.5, 0.6) is 0 Å². The third-order valence-electron chi connectivity index (χ3n) is 4.19. The average molecular weight is 349 g/mol. The molecular weight excluding hydrogens is 333 g/mol. The van der Waals surface area contributed by atoms with Crippen molar-refractivity contribution in [1.82, 2.24) is 19.6 Å². The van der Waals surface area contributed by atoms with Gasteiger partial charge >= 0.3 is 0 Å².